The second-order valence-electron chi connectivity index (χ2n) is 3.65. The molecule has 0 fully saturated rings. The van der Waals surface area contributed by atoms with Crippen molar-refractivity contribution >= 4 is 22.1 Å². The van der Waals surface area contributed by atoms with Crippen LogP contribution in [0.5, 0.6) is 5.75 Å². The molecular weight excluding hydrogens is 276 g/mol. The average Bonchev–Trinajstić information content (AvgIpc) is 2.24. The van der Waals surface area contributed by atoms with Crippen LogP contribution in [0.2, 0.25) is 0 Å². The Morgan fingerprint density at radius 2 is 1.84 bits per heavy atom. The number of carbonyl (C=O) groups is 2. The van der Waals surface area contributed by atoms with E-state index in [0.29, 0.717) is 0 Å². The van der Waals surface area contributed by atoms with Gasteiger partial charge in [0.1, 0.15) is 5.75 Å². The van der Waals surface area contributed by atoms with E-state index in [1.165, 1.54) is 24.3 Å². The number of aliphatic carboxylic acids is 1. The molecular formula is C11H12O7S. The van der Waals surface area contributed by atoms with Crippen LogP contribution < -0.4 is 4.18 Å². The summed E-state index contributed by atoms with van der Waals surface area (Å²) in [5, 5.41) is 9.02. The van der Waals surface area contributed by atoms with E-state index in [1.807, 2.05) is 0 Å². The average molecular weight is 288 g/mol. The minimum absolute atomic E-state index is 0.0596. The maximum Gasteiger partial charge on any atom is 0.349 e. The lowest BCUT2D eigenvalue weighted by Gasteiger charge is -2.16. The molecule has 0 saturated carbocycles. The van der Waals surface area contributed by atoms with Gasteiger partial charge in [-0.15, -0.1) is 0 Å². The lowest BCUT2D eigenvalue weighted by atomic mass is 10.1. The molecule has 104 valence electrons. The Bertz CT molecular complexity index is 591. The first-order valence-electron chi connectivity index (χ1n) is 5.09. The van der Waals surface area contributed by atoms with Gasteiger partial charge in [0, 0.05) is 12.5 Å². The fourth-order valence-corrected chi connectivity index (χ4v) is 1.83. The van der Waals surface area contributed by atoms with Crippen molar-refractivity contribution in [1.29, 1.82) is 0 Å². The quantitative estimate of drug-likeness (QED) is 0.628. The third-order valence-electron chi connectivity index (χ3n) is 1.95. The highest BCUT2D eigenvalue weighted by molar-refractivity contribution is 7.86. The number of rotatable bonds is 5. The van der Waals surface area contributed by atoms with Crippen molar-refractivity contribution in [2.75, 3.05) is 6.26 Å². The Balaban J connectivity index is 3.23. The minimum Gasteiger partial charge on any atom is -0.478 e. The van der Waals surface area contributed by atoms with Gasteiger partial charge in [-0.2, -0.15) is 8.42 Å². The molecule has 0 saturated heterocycles. The van der Waals surface area contributed by atoms with Crippen molar-refractivity contribution in [3.63, 3.8) is 0 Å². The Hall–Kier alpha value is -2.09. The summed E-state index contributed by atoms with van der Waals surface area (Å²) in [5.41, 5.74) is -0.0596. The fraction of sp³-hybridized carbons (Fsp3) is 0.273. The number of carbonyl (C=O) groups excluding carboxylic acids is 1. The van der Waals surface area contributed by atoms with Crippen LogP contribution in [0, 0.1) is 0 Å². The Labute approximate surface area is 109 Å². The lowest BCUT2D eigenvalue weighted by molar-refractivity contribution is -0.163. The molecule has 0 aliphatic carbocycles. The largest absolute Gasteiger partial charge is 0.478 e. The van der Waals surface area contributed by atoms with Crippen LogP contribution in [-0.2, 0) is 24.4 Å². The van der Waals surface area contributed by atoms with Gasteiger partial charge in [-0.25, -0.2) is 4.79 Å². The summed E-state index contributed by atoms with van der Waals surface area (Å²) in [7, 11) is -3.82. The van der Waals surface area contributed by atoms with Crippen molar-refractivity contribution in [3.8, 4) is 5.75 Å². The van der Waals surface area contributed by atoms with Crippen LogP contribution in [0.15, 0.2) is 24.3 Å². The molecule has 19 heavy (non-hydrogen) atoms. The molecule has 1 unspecified atom stereocenters. The van der Waals surface area contributed by atoms with Gasteiger partial charge < -0.3 is 14.0 Å². The number of ether oxygens (including phenoxy) is 1. The molecule has 7 nitrogen and oxygen atoms in total. The summed E-state index contributed by atoms with van der Waals surface area (Å²) in [6, 6.07) is 5.53. The van der Waals surface area contributed by atoms with Crippen molar-refractivity contribution < 1.29 is 32.0 Å². The van der Waals surface area contributed by atoms with E-state index in [4.69, 9.17) is 5.11 Å². The van der Waals surface area contributed by atoms with Crippen molar-refractivity contribution in [2.45, 2.75) is 13.0 Å². The molecule has 0 radical (unpaired) electrons. The highest BCUT2D eigenvalue weighted by Gasteiger charge is 2.27. The normalized spacial score (nSPS) is 12.5. The molecule has 8 heteroatoms. The summed E-state index contributed by atoms with van der Waals surface area (Å²) in [6.07, 6.45) is -0.804. The molecule has 0 aromatic heterocycles. The highest BCUT2D eigenvalue weighted by Crippen LogP contribution is 2.28. The van der Waals surface area contributed by atoms with Gasteiger partial charge in [0.15, 0.2) is 0 Å². The maximum absolute atomic E-state index is 11.1. The van der Waals surface area contributed by atoms with Gasteiger partial charge in [0.25, 0.3) is 0 Å². The molecule has 1 aromatic carbocycles. The van der Waals surface area contributed by atoms with E-state index in [0.717, 1.165) is 13.2 Å². The summed E-state index contributed by atoms with van der Waals surface area (Å²) in [4.78, 5) is 22.0. The van der Waals surface area contributed by atoms with Crippen LogP contribution in [-0.4, -0.2) is 31.7 Å². The van der Waals surface area contributed by atoms with E-state index < -0.39 is 28.2 Å². The third-order valence-corrected chi connectivity index (χ3v) is 2.43. The fourth-order valence-electron chi connectivity index (χ4n) is 1.35. The van der Waals surface area contributed by atoms with Gasteiger partial charge in [-0.3, -0.25) is 4.79 Å². The molecule has 1 atom stereocenters. The van der Waals surface area contributed by atoms with Gasteiger partial charge >= 0.3 is 22.1 Å². The number of benzene rings is 1. The zero-order chi connectivity index (χ0) is 14.6. The zero-order valence-electron chi connectivity index (χ0n) is 10.2. The standard InChI is InChI=1S/C11H12O7S/c1-7(12)17-10(11(13)14)8-5-3-4-6-9(8)18-19(2,15)16/h3-6,10H,1-2H3,(H,13,14). The highest BCUT2D eigenvalue weighted by atomic mass is 32.2. The molecule has 0 aliphatic heterocycles. The van der Waals surface area contributed by atoms with Crippen LogP contribution >= 0.6 is 0 Å². The van der Waals surface area contributed by atoms with Gasteiger partial charge in [0.05, 0.1) is 6.26 Å². The first-order valence-corrected chi connectivity index (χ1v) is 6.91. The smallest absolute Gasteiger partial charge is 0.349 e. The Kier molecular flexibility index (Phi) is 4.49. The lowest BCUT2D eigenvalue weighted by Crippen LogP contribution is -2.19. The second kappa shape index (κ2) is 5.70. The number of carboxylic acids is 1. The summed E-state index contributed by atoms with van der Waals surface area (Å²) in [5.74, 6) is -2.43. The van der Waals surface area contributed by atoms with Gasteiger partial charge in [-0.1, -0.05) is 18.2 Å². The van der Waals surface area contributed by atoms with Crippen LogP contribution in [0.25, 0.3) is 0 Å². The second-order valence-corrected chi connectivity index (χ2v) is 5.23. The zero-order valence-corrected chi connectivity index (χ0v) is 11.0. The minimum atomic E-state index is -3.82. The van der Waals surface area contributed by atoms with E-state index in [2.05, 4.69) is 8.92 Å². The molecule has 1 N–H and O–H groups in total. The molecule has 0 bridgehead atoms. The summed E-state index contributed by atoms with van der Waals surface area (Å²) >= 11 is 0. The number of carboxylic acid groups (broad SMARTS) is 1. The van der Waals surface area contributed by atoms with Crippen molar-refractivity contribution in [3.05, 3.63) is 29.8 Å². The van der Waals surface area contributed by atoms with Crippen molar-refractivity contribution in [1.82, 2.24) is 0 Å². The predicted octanol–water partition coefficient (Wildman–Crippen LogP) is 0.714. The molecule has 0 heterocycles. The van der Waals surface area contributed by atoms with E-state index in [9.17, 15) is 18.0 Å². The SMILES string of the molecule is CC(=O)OC(C(=O)O)c1ccccc1OS(C)(=O)=O. The van der Waals surface area contributed by atoms with E-state index in [1.54, 1.807) is 0 Å². The molecule has 1 rings (SSSR count). The van der Waals surface area contributed by atoms with Gasteiger partial charge in [0.2, 0.25) is 6.10 Å². The third kappa shape index (κ3) is 4.59. The number of para-hydroxylation sites is 1. The number of hydrogen-bond donors (Lipinski definition) is 1. The summed E-state index contributed by atoms with van der Waals surface area (Å²) < 4.78 is 31.5. The Morgan fingerprint density at radius 3 is 2.32 bits per heavy atom. The first kappa shape index (κ1) is 15.0. The van der Waals surface area contributed by atoms with E-state index in [-0.39, 0.29) is 11.3 Å². The van der Waals surface area contributed by atoms with Crippen LogP contribution in [0.3, 0.4) is 0 Å². The monoisotopic (exact) mass is 288 g/mol. The summed E-state index contributed by atoms with van der Waals surface area (Å²) in [6.45, 7) is 1.05. The maximum atomic E-state index is 11.1. The number of esters is 1. The van der Waals surface area contributed by atoms with Crippen LogP contribution in [0.1, 0.15) is 18.6 Å². The predicted molar refractivity (Wildman–Crippen MR) is 64.1 cm³/mol. The van der Waals surface area contributed by atoms with E-state index >= 15 is 0 Å². The molecule has 0 amide bonds. The van der Waals surface area contributed by atoms with Crippen molar-refractivity contribution in [2.24, 2.45) is 0 Å². The molecule has 0 spiro atoms. The van der Waals surface area contributed by atoms with Crippen LogP contribution in [0.4, 0.5) is 0 Å². The first-order chi connectivity index (χ1) is 8.70. The van der Waals surface area contributed by atoms with Gasteiger partial charge in [-0.05, 0) is 6.07 Å². The topological polar surface area (TPSA) is 107 Å². The number of hydrogen-bond acceptors (Lipinski definition) is 6. The molecule has 0 aliphatic rings. The Morgan fingerprint density at radius 1 is 1.26 bits per heavy atom. The molecule has 1 aromatic rings.